The Morgan fingerprint density at radius 2 is 2.05 bits per heavy atom. The number of aliphatic carboxylic acids is 1. The van der Waals surface area contributed by atoms with Crippen molar-refractivity contribution in [2.24, 2.45) is 0 Å². The number of aliphatic hydroxyl groups excluding tert-OH is 1. The van der Waals surface area contributed by atoms with Gasteiger partial charge in [0, 0.05) is 13.0 Å². The van der Waals surface area contributed by atoms with Crippen LogP contribution in [0.3, 0.4) is 0 Å². The van der Waals surface area contributed by atoms with E-state index in [1.54, 1.807) is 24.3 Å². The van der Waals surface area contributed by atoms with Crippen LogP contribution in [0.2, 0.25) is 0 Å². The van der Waals surface area contributed by atoms with E-state index in [0.717, 1.165) is 4.90 Å². The van der Waals surface area contributed by atoms with Crippen LogP contribution >= 0.6 is 0 Å². The molecular weight excluding hydrogens is 276 g/mol. The lowest BCUT2D eigenvalue weighted by Crippen LogP contribution is -2.42. The fraction of sp³-hybridized carbons (Fsp3) is 0.357. The monoisotopic (exact) mass is 290 g/mol. The summed E-state index contributed by atoms with van der Waals surface area (Å²) in [5, 5.41) is 27.2. The molecule has 7 nitrogen and oxygen atoms in total. The van der Waals surface area contributed by atoms with E-state index in [4.69, 9.17) is 15.1 Å². The van der Waals surface area contributed by atoms with Gasteiger partial charge in [-0.2, -0.15) is 5.26 Å². The summed E-state index contributed by atoms with van der Waals surface area (Å²) in [5.74, 6) is -1.23. The molecule has 1 saturated heterocycles. The molecule has 2 N–H and O–H groups in total. The van der Waals surface area contributed by atoms with Crippen LogP contribution in [0, 0.1) is 11.3 Å². The second kappa shape index (κ2) is 6.24. The Bertz CT molecular complexity index is 578. The number of nitriles is 1. The largest absolute Gasteiger partial charge is 0.484 e. The zero-order valence-corrected chi connectivity index (χ0v) is 11.1. The van der Waals surface area contributed by atoms with Gasteiger partial charge >= 0.3 is 5.97 Å². The van der Waals surface area contributed by atoms with E-state index in [0.29, 0.717) is 11.3 Å². The molecule has 1 amide bonds. The van der Waals surface area contributed by atoms with Gasteiger partial charge in [-0.05, 0) is 24.3 Å². The topological polar surface area (TPSA) is 111 Å². The van der Waals surface area contributed by atoms with Crippen molar-refractivity contribution in [1.82, 2.24) is 4.90 Å². The Morgan fingerprint density at radius 3 is 2.62 bits per heavy atom. The minimum atomic E-state index is -1.14. The van der Waals surface area contributed by atoms with Crippen molar-refractivity contribution < 1.29 is 24.5 Å². The highest BCUT2D eigenvalue weighted by molar-refractivity contribution is 5.85. The van der Waals surface area contributed by atoms with Gasteiger partial charge in [0.05, 0.1) is 17.7 Å². The number of rotatable bonds is 4. The minimum Gasteiger partial charge on any atom is -0.484 e. The fourth-order valence-electron chi connectivity index (χ4n) is 2.18. The first kappa shape index (κ1) is 14.8. The SMILES string of the molecule is N#Cc1ccc(OCC(=O)N2C[C@@H](O)C[C@H]2C(=O)O)cc1. The van der Waals surface area contributed by atoms with Crippen molar-refractivity contribution in [3.63, 3.8) is 0 Å². The molecule has 1 aliphatic rings. The number of carboxylic acids is 1. The summed E-state index contributed by atoms with van der Waals surface area (Å²) in [4.78, 5) is 24.1. The number of β-amino-alcohol motifs (C(OH)–C–C–N with tert-alkyl or cyclic N) is 1. The van der Waals surface area contributed by atoms with Gasteiger partial charge in [0.2, 0.25) is 0 Å². The highest BCUT2D eigenvalue weighted by atomic mass is 16.5. The van der Waals surface area contributed by atoms with Crippen molar-refractivity contribution in [2.75, 3.05) is 13.2 Å². The average molecular weight is 290 g/mol. The number of carbonyl (C=O) groups is 2. The molecule has 21 heavy (non-hydrogen) atoms. The van der Waals surface area contributed by atoms with Crippen LogP contribution in [-0.2, 0) is 9.59 Å². The predicted molar refractivity (Wildman–Crippen MR) is 70.4 cm³/mol. The van der Waals surface area contributed by atoms with E-state index >= 15 is 0 Å². The van der Waals surface area contributed by atoms with E-state index in [-0.39, 0.29) is 19.6 Å². The molecule has 2 atom stereocenters. The highest BCUT2D eigenvalue weighted by Gasteiger charge is 2.38. The second-order valence-electron chi connectivity index (χ2n) is 4.71. The number of aliphatic hydroxyl groups is 1. The Kier molecular flexibility index (Phi) is 4.40. The van der Waals surface area contributed by atoms with Crippen LogP contribution in [0.4, 0.5) is 0 Å². The summed E-state index contributed by atoms with van der Waals surface area (Å²) < 4.78 is 5.27. The molecule has 1 fully saturated rings. The number of carbonyl (C=O) groups excluding carboxylic acids is 1. The van der Waals surface area contributed by atoms with Crippen LogP contribution < -0.4 is 4.74 Å². The Balaban J connectivity index is 1.94. The summed E-state index contributed by atoms with van der Waals surface area (Å²) in [6.45, 7) is -0.324. The molecule has 0 spiro atoms. The first-order valence-corrected chi connectivity index (χ1v) is 6.34. The maximum absolute atomic E-state index is 12.0. The molecule has 110 valence electrons. The number of carboxylic acid groups (broad SMARTS) is 1. The zero-order chi connectivity index (χ0) is 15.4. The quantitative estimate of drug-likeness (QED) is 0.806. The third kappa shape index (κ3) is 3.49. The van der Waals surface area contributed by atoms with Gasteiger partial charge in [0.25, 0.3) is 5.91 Å². The summed E-state index contributed by atoms with van der Waals surface area (Å²) in [6.07, 6.45) is -0.803. The van der Waals surface area contributed by atoms with Gasteiger partial charge in [-0.1, -0.05) is 0 Å². The van der Waals surface area contributed by atoms with E-state index < -0.39 is 24.0 Å². The number of nitrogens with zero attached hydrogens (tertiary/aromatic N) is 2. The molecule has 7 heteroatoms. The van der Waals surface area contributed by atoms with Gasteiger partial charge in [0.15, 0.2) is 6.61 Å². The normalized spacial score (nSPS) is 20.9. The van der Waals surface area contributed by atoms with Crippen LogP contribution in [0.15, 0.2) is 24.3 Å². The van der Waals surface area contributed by atoms with Gasteiger partial charge in [-0.15, -0.1) is 0 Å². The minimum absolute atomic E-state index is 0.00741. The second-order valence-corrected chi connectivity index (χ2v) is 4.71. The van der Waals surface area contributed by atoms with Gasteiger partial charge in [-0.3, -0.25) is 4.79 Å². The van der Waals surface area contributed by atoms with Crippen molar-refractivity contribution >= 4 is 11.9 Å². The van der Waals surface area contributed by atoms with Crippen molar-refractivity contribution in [3.8, 4) is 11.8 Å². The number of hydrogen-bond acceptors (Lipinski definition) is 5. The molecule has 0 bridgehead atoms. The lowest BCUT2D eigenvalue weighted by Gasteiger charge is -2.21. The average Bonchev–Trinajstić information content (AvgIpc) is 2.87. The first-order chi connectivity index (χ1) is 10.0. The van der Waals surface area contributed by atoms with Crippen LogP contribution in [0.1, 0.15) is 12.0 Å². The Morgan fingerprint density at radius 1 is 1.38 bits per heavy atom. The molecule has 0 radical (unpaired) electrons. The van der Waals surface area contributed by atoms with Gasteiger partial charge in [0.1, 0.15) is 11.8 Å². The smallest absolute Gasteiger partial charge is 0.326 e. The summed E-state index contributed by atoms with van der Waals surface area (Å²) >= 11 is 0. The lowest BCUT2D eigenvalue weighted by atomic mass is 10.2. The summed E-state index contributed by atoms with van der Waals surface area (Å²) in [5.41, 5.74) is 0.474. The molecule has 1 aromatic carbocycles. The van der Waals surface area contributed by atoms with E-state index in [2.05, 4.69) is 0 Å². The number of hydrogen-bond donors (Lipinski definition) is 2. The maximum Gasteiger partial charge on any atom is 0.326 e. The molecule has 1 heterocycles. The Labute approximate surface area is 121 Å². The standard InChI is InChI=1S/C14H14N2O5/c15-6-9-1-3-11(4-2-9)21-8-13(18)16-7-10(17)5-12(16)14(19)20/h1-4,10,12,17H,5,7-8H2,(H,19,20)/t10-,12-/m0/s1. The third-order valence-corrected chi connectivity index (χ3v) is 3.23. The molecule has 1 aromatic rings. The zero-order valence-electron chi connectivity index (χ0n) is 11.1. The predicted octanol–water partition coefficient (Wildman–Crippen LogP) is -0.0165. The molecule has 0 aromatic heterocycles. The van der Waals surface area contributed by atoms with E-state index in [1.807, 2.05) is 6.07 Å². The number of likely N-dealkylation sites (tertiary alicyclic amines) is 1. The molecule has 0 aliphatic carbocycles. The molecule has 0 unspecified atom stereocenters. The van der Waals surface area contributed by atoms with E-state index in [1.165, 1.54) is 0 Å². The number of ether oxygens (including phenoxy) is 1. The fourth-order valence-corrected chi connectivity index (χ4v) is 2.18. The summed E-state index contributed by atoms with van der Waals surface area (Å²) in [7, 11) is 0. The van der Waals surface area contributed by atoms with E-state index in [9.17, 15) is 14.7 Å². The highest BCUT2D eigenvalue weighted by Crippen LogP contribution is 2.19. The van der Waals surface area contributed by atoms with Crippen molar-refractivity contribution in [3.05, 3.63) is 29.8 Å². The molecule has 1 aliphatic heterocycles. The van der Waals surface area contributed by atoms with Crippen LogP contribution in [-0.4, -0.2) is 52.3 Å². The van der Waals surface area contributed by atoms with Crippen molar-refractivity contribution in [1.29, 1.82) is 5.26 Å². The van der Waals surface area contributed by atoms with Gasteiger partial charge in [-0.25, -0.2) is 4.79 Å². The first-order valence-electron chi connectivity index (χ1n) is 6.34. The third-order valence-electron chi connectivity index (χ3n) is 3.23. The number of amides is 1. The molecular formula is C14H14N2O5. The Hall–Kier alpha value is -2.59. The number of benzene rings is 1. The molecule has 2 rings (SSSR count). The molecule has 0 saturated carbocycles. The maximum atomic E-state index is 12.0. The summed E-state index contributed by atoms with van der Waals surface area (Å²) in [6, 6.07) is 7.17. The van der Waals surface area contributed by atoms with Crippen molar-refractivity contribution in [2.45, 2.75) is 18.6 Å². The van der Waals surface area contributed by atoms with Gasteiger partial charge < -0.3 is 19.8 Å². The van der Waals surface area contributed by atoms with Crippen LogP contribution in [0.25, 0.3) is 0 Å². The van der Waals surface area contributed by atoms with Crippen LogP contribution in [0.5, 0.6) is 5.75 Å². The lowest BCUT2D eigenvalue weighted by molar-refractivity contribution is -0.148.